The van der Waals surface area contributed by atoms with Crippen LogP contribution in [0.15, 0.2) is 170 Å². The number of benzene rings is 8. The molecule has 0 atom stereocenters. The molecule has 0 amide bonds. The van der Waals surface area contributed by atoms with Gasteiger partial charge in [0.1, 0.15) is 90.8 Å². The molecule has 0 fully saturated rings. The number of fused-ring (bicyclic) bond motifs is 20. The number of hydrogen-bond acceptors (Lipinski definition) is 18. The summed E-state index contributed by atoms with van der Waals surface area (Å²) in [5, 5.41) is 1.96. The van der Waals surface area contributed by atoms with E-state index in [2.05, 4.69) is 37.7 Å². The molecule has 20 nitrogen and oxygen atoms in total. The molecule has 0 saturated carbocycles. The van der Waals surface area contributed by atoms with Gasteiger partial charge >= 0.3 is 23.9 Å². The van der Waals surface area contributed by atoms with Gasteiger partial charge in [-0.15, -0.1) is 0 Å². The SMILES string of the molecule is CCCCCOC(=O)c1ccccc1Oc1cccc2c1-c1nc-2nc2[nH]c(nc3nc(nc4[nH]c(n1)c1cccc(Oc5ccccc5C(=O)OCCCCC)c41)-c1cccc(Oc4ccccc4C(=O)OCCCCC)c1-3)c1cccc(Oc3ccccc3C(=O)OCCCCC)c21. The second-order valence-electron chi connectivity index (χ2n) is 24.1. The molecule has 8 aromatic carbocycles. The molecule has 2 aliphatic heterocycles. The molecule has 5 heterocycles. The minimum absolute atomic E-state index is 0.156. The minimum Gasteiger partial charge on any atom is -0.462 e. The molecule has 3 aromatic heterocycles. The van der Waals surface area contributed by atoms with E-state index in [1.54, 1.807) is 133 Å². The lowest BCUT2D eigenvalue weighted by molar-refractivity contribution is 0.0486. The van der Waals surface area contributed by atoms with Crippen LogP contribution in [0.2, 0.25) is 0 Å². The average molecular weight is 1340 g/mol. The summed E-state index contributed by atoms with van der Waals surface area (Å²) >= 11 is 0. The van der Waals surface area contributed by atoms with E-state index in [-0.39, 0.29) is 129 Å². The predicted octanol–water partition coefficient (Wildman–Crippen LogP) is 19.4. The first-order chi connectivity index (χ1) is 49.1. The Balaban J connectivity index is 1.06. The first-order valence-corrected chi connectivity index (χ1v) is 34.2. The van der Waals surface area contributed by atoms with Gasteiger partial charge in [-0.2, -0.15) is 0 Å². The Kier molecular flexibility index (Phi) is 20.8. The number of para-hydroxylation sites is 4. The first kappa shape index (κ1) is 66.8. The lowest BCUT2D eigenvalue weighted by Crippen LogP contribution is -2.08. The van der Waals surface area contributed by atoms with Crippen molar-refractivity contribution in [1.29, 1.82) is 0 Å². The van der Waals surface area contributed by atoms with Crippen molar-refractivity contribution in [2.24, 2.45) is 0 Å². The summed E-state index contributed by atoms with van der Waals surface area (Å²) < 4.78 is 50.5. The van der Waals surface area contributed by atoms with Gasteiger partial charge in [0.2, 0.25) is 0 Å². The van der Waals surface area contributed by atoms with Crippen molar-refractivity contribution >= 4 is 68.0 Å². The second kappa shape index (κ2) is 31.2. The Morgan fingerprint density at radius 2 is 0.570 bits per heavy atom. The summed E-state index contributed by atoms with van der Waals surface area (Å²) in [5.41, 5.74) is 3.77. The molecule has 0 spiro atoms. The van der Waals surface area contributed by atoms with Crippen LogP contribution in [0.5, 0.6) is 46.0 Å². The molecular formula is C80H74N8O12. The number of nitrogens with zero attached hydrogens (tertiary/aromatic N) is 6. The number of carbonyl (C=O) groups excluding carboxylic acids is 4. The Labute approximate surface area is 577 Å². The number of hydrogen-bond donors (Lipinski definition) is 2. The maximum atomic E-state index is 13.9. The number of rotatable bonds is 28. The van der Waals surface area contributed by atoms with Gasteiger partial charge in [0.15, 0.2) is 23.3 Å². The maximum absolute atomic E-state index is 13.9. The zero-order chi connectivity index (χ0) is 68.9. The highest BCUT2D eigenvalue weighted by Crippen LogP contribution is 2.47. The van der Waals surface area contributed by atoms with Gasteiger partial charge in [0.25, 0.3) is 0 Å². The van der Waals surface area contributed by atoms with Crippen LogP contribution in [0, 0.1) is 0 Å². The molecule has 13 rings (SSSR count). The highest BCUT2D eigenvalue weighted by atomic mass is 16.6. The van der Waals surface area contributed by atoms with E-state index in [1.165, 1.54) is 0 Å². The van der Waals surface area contributed by atoms with E-state index >= 15 is 0 Å². The molecular weight excluding hydrogens is 1260 g/mol. The molecule has 0 unspecified atom stereocenters. The van der Waals surface area contributed by atoms with Gasteiger partial charge in [-0.1, -0.05) is 176 Å². The molecule has 0 aliphatic carbocycles. The molecule has 2 N–H and O–H groups in total. The molecule has 2 aliphatic rings. The van der Waals surface area contributed by atoms with Crippen molar-refractivity contribution in [3.63, 3.8) is 0 Å². The zero-order valence-corrected chi connectivity index (χ0v) is 56.1. The first-order valence-electron chi connectivity index (χ1n) is 34.2. The third-order valence-electron chi connectivity index (χ3n) is 17.0. The third kappa shape index (κ3) is 14.4. The predicted molar refractivity (Wildman–Crippen MR) is 381 cm³/mol. The fourth-order valence-electron chi connectivity index (χ4n) is 11.9. The maximum Gasteiger partial charge on any atom is 0.341 e. The number of nitrogens with one attached hydrogen (secondary N) is 2. The number of aromatic amines is 2. The monoisotopic (exact) mass is 1340 g/mol. The van der Waals surface area contributed by atoms with Crippen molar-refractivity contribution in [3.05, 3.63) is 192 Å². The highest BCUT2D eigenvalue weighted by Gasteiger charge is 2.30. The molecule has 20 heteroatoms. The number of H-pyrrole nitrogens is 2. The highest BCUT2D eigenvalue weighted by molar-refractivity contribution is 6.10. The van der Waals surface area contributed by atoms with Gasteiger partial charge < -0.3 is 47.9 Å². The number of esters is 4. The van der Waals surface area contributed by atoms with E-state index in [0.29, 0.717) is 81.0 Å². The van der Waals surface area contributed by atoms with Crippen LogP contribution in [0.3, 0.4) is 0 Å². The lowest BCUT2D eigenvalue weighted by atomic mass is 10.1. The van der Waals surface area contributed by atoms with Gasteiger partial charge in [-0.05, 0) is 98.5 Å². The van der Waals surface area contributed by atoms with Gasteiger partial charge in [-0.25, -0.2) is 49.1 Å². The molecule has 11 aromatic rings. The quantitative estimate of drug-likeness (QED) is 0.0263. The normalized spacial score (nSPS) is 11.4. The van der Waals surface area contributed by atoms with E-state index < -0.39 is 23.9 Å². The molecule has 100 heavy (non-hydrogen) atoms. The van der Waals surface area contributed by atoms with E-state index in [9.17, 15) is 19.2 Å². The van der Waals surface area contributed by atoms with Gasteiger partial charge in [0.05, 0.1) is 48.3 Å². The number of carbonyl (C=O) groups is 4. The molecule has 506 valence electrons. The van der Waals surface area contributed by atoms with Crippen molar-refractivity contribution in [1.82, 2.24) is 39.9 Å². The van der Waals surface area contributed by atoms with Crippen LogP contribution in [0.4, 0.5) is 0 Å². The summed E-state index contributed by atoms with van der Waals surface area (Å²) in [4.78, 5) is 94.5. The average Bonchev–Trinajstić information content (AvgIpc) is 1.60. The Hall–Kier alpha value is -11.8. The Bertz CT molecular complexity index is 4750. The Morgan fingerprint density at radius 3 is 0.900 bits per heavy atom. The van der Waals surface area contributed by atoms with E-state index in [0.717, 1.165) is 51.4 Å². The van der Waals surface area contributed by atoms with Crippen molar-refractivity contribution < 1.29 is 57.1 Å². The molecule has 8 bridgehead atoms. The third-order valence-corrected chi connectivity index (χ3v) is 17.0. The zero-order valence-electron chi connectivity index (χ0n) is 56.1. The fraction of sp³-hybridized carbons (Fsp3) is 0.250. The summed E-state index contributed by atoms with van der Waals surface area (Å²) in [6, 6.07) is 49.3. The summed E-state index contributed by atoms with van der Waals surface area (Å²) in [6.45, 7) is 9.32. The molecule has 0 radical (unpaired) electrons. The van der Waals surface area contributed by atoms with Crippen molar-refractivity contribution in [2.75, 3.05) is 26.4 Å². The van der Waals surface area contributed by atoms with Crippen LogP contribution in [0.25, 0.3) is 89.7 Å². The van der Waals surface area contributed by atoms with E-state index in [4.69, 9.17) is 67.8 Å². The largest absolute Gasteiger partial charge is 0.462 e. The van der Waals surface area contributed by atoms with Gasteiger partial charge in [0, 0.05) is 21.9 Å². The minimum atomic E-state index is -0.538. The van der Waals surface area contributed by atoms with Crippen LogP contribution in [-0.4, -0.2) is 90.2 Å². The lowest BCUT2D eigenvalue weighted by Gasteiger charge is -2.13. The van der Waals surface area contributed by atoms with Gasteiger partial charge in [-0.3, -0.25) is 0 Å². The molecule has 0 saturated heterocycles. The van der Waals surface area contributed by atoms with E-state index in [1.807, 2.05) is 36.4 Å². The smallest absolute Gasteiger partial charge is 0.341 e. The van der Waals surface area contributed by atoms with Crippen LogP contribution >= 0.6 is 0 Å². The van der Waals surface area contributed by atoms with Crippen LogP contribution in [0.1, 0.15) is 146 Å². The van der Waals surface area contributed by atoms with Crippen molar-refractivity contribution in [2.45, 2.75) is 105 Å². The number of unbranched alkanes of at least 4 members (excludes halogenated alkanes) is 8. The Morgan fingerprint density at radius 1 is 0.290 bits per heavy atom. The number of aromatic nitrogens is 8. The van der Waals surface area contributed by atoms with Crippen LogP contribution < -0.4 is 18.9 Å². The van der Waals surface area contributed by atoms with Crippen LogP contribution in [-0.2, 0) is 18.9 Å². The summed E-state index contributed by atoms with van der Waals surface area (Å²) in [5.74, 6) is 0.661. The fourth-order valence-corrected chi connectivity index (χ4v) is 11.9. The second-order valence-corrected chi connectivity index (χ2v) is 24.1. The topological polar surface area (TPSA) is 251 Å². The standard InChI is InChI=1S/C80H74N8O12/c1-5-9-21-45-93-77(89)49-29-13-17-37-57(49)97-61-41-25-33-53-65(61)73-81-69(53)86-74-67-55(35-27-43-63(67)99-59-39-19-15-31-51(59)79(91)95-47-23-11-7-3)71(83-74)88-76-68-56(36-28-44-64(68)100-60-40-20-16-32-52(60)80(92)96-48-24-12-8-4)72(84-76)87-75-66-54(70(82-75)85-73)34-26-42-62(66)98-58-38-18-14-30-50(58)78(90)94-46-22-10-6-2/h13-20,25-44H,5-12,21-24,45-48H2,1-4H3,(H2,81,82,83,84,85,86,87,88). The summed E-state index contributed by atoms with van der Waals surface area (Å²) in [7, 11) is 0. The number of ether oxygens (including phenoxy) is 8. The van der Waals surface area contributed by atoms with Crippen molar-refractivity contribution in [3.8, 4) is 91.5 Å². The summed E-state index contributed by atoms with van der Waals surface area (Å²) in [6.07, 6.45) is 10.3.